The maximum atomic E-state index is 13.0. The summed E-state index contributed by atoms with van der Waals surface area (Å²) in [5.41, 5.74) is 2.78. The van der Waals surface area contributed by atoms with E-state index in [9.17, 15) is 9.59 Å². The monoisotopic (exact) mass is 426 g/mol. The number of anilines is 1. The van der Waals surface area contributed by atoms with Gasteiger partial charge in [-0.1, -0.05) is 35.9 Å². The van der Waals surface area contributed by atoms with Crippen molar-refractivity contribution in [1.82, 2.24) is 14.8 Å². The van der Waals surface area contributed by atoms with Gasteiger partial charge >= 0.3 is 6.03 Å². The van der Waals surface area contributed by atoms with Crippen LogP contribution in [0.1, 0.15) is 17.5 Å². The van der Waals surface area contributed by atoms with Gasteiger partial charge in [-0.05, 0) is 69.2 Å². The number of para-hydroxylation sites is 1. The number of rotatable bonds is 7. The van der Waals surface area contributed by atoms with Gasteiger partial charge in [-0.3, -0.25) is 4.79 Å². The number of pyridine rings is 1. The quantitative estimate of drug-likeness (QED) is 0.585. The zero-order chi connectivity index (χ0) is 21.7. The highest BCUT2D eigenvalue weighted by Gasteiger charge is 2.17. The number of aryl methyl sites for hydroxylation is 1. The van der Waals surface area contributed by atoms with Crippen molar-refractivity contribution in [1.29, 1.82) is 0 Å². The van der Waals surface area contributed by atoms with E-state index in [1.54, 1.807) is 17.0 Å². The molecule has 0 unspecified atom stereocenters. The Labute approximate surface area is 181 Å². The zero-order valence-electron chi connectivity index (χ0n) is 17.5. The average molecular weight is 427 g/mol. The molecule has 7 heteroatoms. The van der Waals surface area contributed by atoms with Crippen LogP contribution in [0.5, 0.6) is 0 Å². The maximum Gasteiger partial charge on any atom is 0.322 e. The molecule has 3 aromatic rings. The van der Waals surface area contributed by atoms with Gasteiger partial charge < -0.3 is 20.1 Å². The second-order valence-corrected chi connectivity index (χ2v) is 8.11. The average Bonchev–Trinajstić information content (AvgIpc) is 2.69. The number of hydrogen-bond acceptors (Lipinski definition) is 3. The number of hydrogen-bond donors (Lipinski definition) is 2. The zero-order valence-corrected chi connectivity index (χ0v) is 18.3. The molecule has 2 N–H and O–H groups in total. The van der Waals surface area contributed by atoms with E-state index in [1.165, 1.54) is 0 Å². The summed E-state index contributed by atoms with van der Waals surface area (Å²) < 4.78 is 0. The molecule has 6 nitrogen and oxygen atoms in total. The highest BCUT2D eigenvalue weighted by Crippen LogP contribution is 2.21. The largest absolute Gasteiger partial charge is 0.322 e. The minimum atomic E-state index is -0.287. The first-order valence-electron chi connectivity index (χ1n) is 9.91. The number of nitrogens with zero attached hydrogens (tertiary/aromatic N) is 2. The second-order valence-electron chi connectivity index (χ2n) is 7.70. The number of urea groups is 1. The number of fused-ring (bicyclic) bond motifs is 1. The summed E-state index contributed by atoms with van der Waals surface area (Å²) in [7, 11) is 3.98. The summed E-state index contributed by atoms with van der Waals surface area (Å²) >= 11 is 6.19. The van der Waals surface area contributed by atoms with Gasteiger partial charge in [0.05, 0.1) is 17.3 Å². The third kappa shape index (κ3) is 5.62. The van der Waals surface area contributed by atoms with Crippen LogP contribution in [0.15, 0.2) is 53.3 Å². The van der Waals surface area contributed by atoms with E-state index in [0.29, 0.717) is 22.8 Å². The molecule has 2 amide bonds. The van der Waals surface area contributed by atoms with Crippen molar-refractivity contribution in [2.45, 2.75) is 19.9 Å². The number of H-pyrrole nitrogens is 1. The van der Waals surface area contributed by atoms with Gasteiger partial charge in [-0.15, -0.1) is 0 Å². The molecule has 0 bridgehead atoms. The fraction of sp³-hybridized carbons (Fsp3) is 0.304. The summed E-state index contributed by atoms with van der Waals surface area (Å²) in [4.78, 5) is 32.3. The smallest absolute Gasteiger partial charge is 0.322 e. The number of amides is 2. The number of carbonyl (C=O) groups excluding carboxylic acids is 1. The van der Waals surface area contributed by atoms with Gasteiger partial charge in [-0.25, -0.2) is 4.79 Å². The van der Waals surface area contributed by atoms with Crippen LogP contribution in [-0.2, 0) is 6.54 Å². The molecule has 0 aliphatic heterocycles. The molecule has 30 heavy (non-hydrogen) atoms. The van der Waals surface area contributed by atoms with Crippen LogP contribution in [0, 0.1) is 6.92 Å². The van der Waals surface area contributed by atoms with E-state index in [1.807, 2.05) is 57.4 Å². The van der Waals surface area contributed by atoms with E-state index in [2.05, 4.69) is 15.2 Å². The van der Waals surface area contributed by atoms with Crippen molar-refractivity contribution in [3.05, 3.63) is 75.0 Å². The van der Waals surface area contributed by atoms with Crippen molar-refractivity contribution in [2.24, 2.45) is 0 Å². The SMILES string of the molecule is Cc1ccc2cc(CN(CCCN(C)C)C(=O)Nc3ccccc3Cl)c(=O)[nH]c2c1. The van der Waals surface area contributed by atoms with Gasteiger partial charge in [0.25, 0.3) is 5.56 Å². The number of halogens is 1. The van der Waals surface area contributed by atoms with Crippen molar-refractivity contribution in [3.8, 4) is 0 Å². The molecule has 3 rings (SSSR count). The summed E-state index contributed by atoms with van der Waals surface area (Å²) in [5, 5.41) is 4.27. The highest BCUT2D eigenvalue weighted by atomic mass is 35.5. The van der Waals surface area contributed by atoms with Crippen LogP contribution < -0.4 is 10.9 Å². The second kappa shape index (κ2) is 9.78. The normalized spacial score (nSPS) is 11.1. The first-order chi connectivity index (χ1) is 14.3. The van der Waals surface area contributed by atoms with Gasteiger partial charge in [0.2, 0.25) is 0 Å². The van der Waals surface area contributed by atoms with Crippen LogP contribution >= 0.6 is 11.6 Å². The molecular weight excluding hydrogens is 400 g/mol. The van der Waals surface area contributed by atoms with Crippen LogP contribution in [0.2, 0.25) is 5.02 Å². The van der Waals surface area contributed by atoms with Crippen LogP contribution in [0.4, 0.5) is 10.5 Å². The molecule has 0 saturated heterocycles. The molecule has 0 atom stereocenters. The number of nitrogens with one attached hydrogen (secondary N) is 2. The predicted molar refractivity (Wildman–Crippen MR) is 123 cm³/mol. The fourth-order valence-electron chi connectivity index (χ4n) is 3.27. The molecule has 0 fully saturated rings. The standard InChI is InChI=1S/C23H27ClN4O2/c1-16-9-10-17-14-18(22(29)25-21(17)13-16)15-28(12-6-11-27(2)3)23(30)26-20-8-5-4-7-19(20)24/h4-5,7-10,13-14H,6,11-12,15H2,1-3H3,(H,25,29)(H,26,30). The first-order valence-corrected chi connectivity index (χ1v) is 10.3. The lowest BCUT2D eigenvalue weighted by Crippen LogP contribution is -2.37. The number of aromatic nitrogens is 1. The fourth-order valence-corrected chi connectivity index (χ4v) is 3.45. The van der Waals surface area contributed by atoms with Crippen molar-refractivity contribution >= 4 is 34.2 Å². The van der Waals surface area contributed by atoms with Crippen LogP contribution in [0.25, 0.3) is 10.9 Å². The molecule has 0 spiro atoms. The third-order valence-corrected chi connectivity index (χ3v) is 5.21. The van der Waals surface area contributed by atoms with E-state index in [4.69, 9.17) is 11.6 Å². The molecule has 0 radical (unpaired) electrons. The Morgan fingerprint density at radius 3 is 2.60 bits per heavy atom. The van der Waals surface area contributed by atoms with E-state index >= 15 is 0 Å². The Morgan fingerprint density at radius 1 is 1.10 bits per heavy atom. The summed E-state index contributed by atoms with van der Waals surface area (Å²) in [6, 6.07) is 14.6. The van der Waals surface area contributed by atoms with Gasteiger partial charge in [0.1, 0.15) is 0 Å². The van der Waals surface area contributed by atoms with Gasteiger partial charge in [0.15, 0.2) is 0 Å². The van der Waals surface area contributed by atoms with Gasteiger partial charge in [-0.2, -0.15) is 0 Å². The predicted octanol–water partition coefficient (Wildman–Crippen LogP) is 4.48. The summed E-state index contributed by atoms with van der Waals surface area (Å²) in [6.45, 7) is 3.54. The molecule has 0 saturated carbocycles. The summed E-state index contributed by atoms with van der Waals surface area (Å²) in [5.74, 6) is 0. The molecule has 158 valence electrons. The lowest BCUT2D eigenvalue weighted by molar-refractivity contribution is 0.205. The topological polar surface area (TPSA) is 68.4 Å². The Bertz CT molecular complexity index is 1090. The van der Waals surface area contributed by atoms with E-state index in [-0.39, 0.29) is 18.1 Å². The number of aromatic amines is 1. The highest BCUT2D eigenvalue weighted by molar-refractivity contribution is 6.33. The van der Waals surface area contributed by atoms with E-state index < -0.39 is 0 Å². The van der Waals surface area contributed by atoms with Gasteiger partial charge in [0, 0.05) is 17.6 Å². The van der Waals surface area contributed by atoms with Crippen molar-refractivity contribution < 1.29 is 4.79 Å². The molecule has 2 aromatic carbocycles. The van der Waals surface area contributed by atoms with Crippen molar-refractivity contribution in [2.75, 3.05) is 32.5 Å². The maximum absolute atomic E-state index is 13.0. The molecule has 1 aromatic heterocycles. The minimum absolute atomic E-state index is 0.184. The lowest BCUT2D eigenvalue weighted by Gasteiger charge is -2.24. The van der Waals surface area contributed by atoms with E-state index in [0.717, 1.165) is 29.4 Å². The first kappa shape index (κ1) is 21.9. The minimum Gasteiger partial charge on any atom is -0.322 e. The Kier molecular flexibility index (Phi) is 7.13. The molecule has 0 aliphatic rings. The number of carbonyl (C=O) groups is 1. The Hall–Kier alpha value is -2.83. The molecular formula is C23H27ClN4O2. The Balaban J connectivity index is 1.84. The molecule has 1 heterocycles. The van der Waals surface area contributed by atoms with Crippen LogP contribution in [-0.4, -0.2) is 48.0 Å². The van der Waals surface area contributed by atoms with Crippen LogP contribution in [0.3, 0.4) is 0 Å². The lowest BCUT2D eigenvalue weighted by atomic mass is 10.1. The third-order valence-electron chi connectivity index (χ3n) is 4.88. The number of benzene rings is 2. The van der Waals surface area contributed by atoms with Crippen molar-refractivity contribution in [3.63, 3.8) is 0 Å². The Morgan fingerprint density at radius 2 is 1.87 bits per heavy atom. The summed E-state index contributed by atoms with van der Waals surface area (Å²) in [6.07, 6.45) is 0.785. The molecule has 0 aliphatic carbocycles.